The number of carbonyl (C=O) groups is 1. The van der Waals surface area contributed by atoms with Gasteiger partial charge in [-0.25, -0.2) is 0 Å². The van der Waals surface area contributed by atoms with Gasteiger partial charge in [-0.3, -0.25) is 4.79 Å². The van der Waals surface area contributed by atoms with E-state index in [-0.39, 0.29) is 11.9 Å². The maximum absolute atomic E-state index is 11.1. The zero-order valence-electron chi connectivity index (χ0n) is 9.04. The summed E-state index contributed by atoms with van der Waals surface area (Å²) in [5.41, 5.74) is 2.36. The van der Waals surface area contributed by atoms with Crippen LogP contribution in [0.2, 0.25) is 0 Å². The lowest BCUT2D eigenvalue weighted by Gasteiger charge is -2.14. The van der Waals surface area contributed by atoms with Gasteiger partial charge in [-0.05, 0) is 36.6 Å². The summed E-state index contributed by atoms with van der Waals surface area (Å²) in [5.74, 6) is 1.01. The van der Waals surface area contributed by atoms with Gasteiger partial charge in [-0.1, -0.05) is 6.07 Å². The van der Waals surface area contributed by atoms with Crippen molar-refractivity contribution >= 4 is 5.91 Å². The zero-order chi connectivity index (χ0) is 10.8. The number of nitrogens with one attached hydrogen (secondary N) is 1. The Labute approximate surface area is 89.4 Å². The van der Waals surface area contributed by atoms with Crippen LogP contribution in [0.3, 0.4) is 0 Å². The van der Waals surface area contributed by atoms with Crippen molar-refractivity contribution in [3.8, 4) is 5.75 Å². The summed E-state index contributed by atoms with van der Waals surface area (Å²) in [6, 6.07) is 6.15. The van der Waals surface area contributed by atoms with Crippen LogP contribution in [0.5, 0.6) is 5.75 Å². The maximum Gasteiger partial charge on any atom is 0.220 e. The van der Waals surface area contributed by atoms with Crippen molar-refractivity contribution in [3.05, 3.63) is 29.3 Å². The number of rotatable bonds is 2. The van der Waals surface area contributed by atoms with Crippen molar-refractivity contribution < 1.29 is 9.53 Å². The van der Waals surface area contributed by atoms with E-state index in [4.69, 9.17) is 4.74 Å². The predicted molar refractivity (Wildman–Crippen MR) is 57.8 cm³/mol. The summed E-state index contributed by atoms with van der Waals surface area (Å²) in [7, 11) is 1.66. The largest absolute Gasteiger partial charge is 0.497 e. The fourth-order valence-electron chi connectivity index (χ4n) is 2.01. The van der Waals surface area contributed by atoms with Crippen LogP contribution >= 0.6 is 0 Å². The average Bonchev–Trinajstić information content (AvgIpc) is 2.64. The molecule has 0 spiro atoms. The first-order chi connectivity index (χ1) is 7.20. The van der Waals surface area contributed by atoms with Crippen LogP contribution in [-0.2, 0) is 4.79 Å². The molecule has 1 unspecified atom stereocenters. The Kier molecular flexibility index (Phi) is 2.62. The molecule has 80 valence electrons. The molecule has 2 rings (SSSR count). The molecule has 1 aromatic carbocycles. The SMILES string of the molecule is COc1ccc(C2CCC(=O)N2)c(C)c1. The molecular weight excluding hydrogens is 190 g/mol. The van der Waals surface area contributed by atoms with E-state index in [1.54, 1.807) is 7.11 Å². The quantitative estimate of drug-likeness (QED) is 0.801. The van der Waals surface area contributed by atoms with E-state index < -0.39 is 0 Å². The first kappa shape index (κ1) is 10.0. The van der Waals surface area contributed by atoms with E-state index in [0.29, 0.717) is 6.42 Å². The molecule has 1 aliphatic heterocycles. The van der Waals surface area contributed by atoms with E-state index in [1.165, 1.54) is 11.1 Å². The molecule has 1 amide bonds. The van der Waals surface area contributed by atoms with E-state index in [1.807, 2.05) is 25.1 Å². The normalized spacial score (nSPS) is 20.1. The Morgan fingerprint density at radius 1 is 1.47 bits per heavy atom. The van der Waals surface area contributed by atoms with Crippen LogP contribution in [0, 0.1) is 6.92 Å². The summed E-state index contributed by atoms with van der Waals surface area (Å²) in [6.07, 6.45) is 1.53. The van der Waals surface area contributed by atoms with Crippen molar-refractivity contribution in [1.82, 2.24) is 5.32 Å². The molecule has 15 heavy (non-hydrogen) atoms. The molecular formula is C12H15NO2. The minimum Gasteiger partial charge on any atom is -0.497 e. The third-order valence-corrected chi connectivity index (χ3v) is 2.85. The van der Waals surface area contributed by atoms with Crippen molar-refractivity contribution in [2.75, 3.05) is 7.11 Å². The Morgan fingerprint density at radius 3 is 2.80 bits per heavy atom. The summed E-state index contributed by atoms with van der Waals surface area (Å²) in [5, 5.41) is 2.97. The molecule has 1 heterocycles. The smallest absolute Gasteiger partial charge is 0.220 e. The number of hydrogen-bond acceptors (Lipinski definition) is 2. The van der Waals surface area contributed by atoms with Crippen molar-refractivity contribution in [3.63, 3.8) is 0 Å². The highest BCUT2D eigenvalue weighted by Crippen LogP contribution is 2.28. The van der Waals surface area contributed by atoms with Gasteiger partial charge < -0.3 is 10.1 Å². The molecule has 0 aliphatic carbocycles. The topological polar surface area (TPSA) is 38.3 Å². The summed E-state index contributed by atoms with van der Waals surface area (Å²) >= 11 is 0. The predicted octanol–water partition coefficient (Wildman–Crippen LogP) is 1.95. The molecule has 0 aromatic heterocycles. The number of hydrogen-bond donors (Lipinski definition) is 1. The second-order valence-corrected chi connectivity index (χ2v) is 3.88. The molecule has 1 fully saturated rings. The van der Waals surface area contributed by atoms with Crippen LogP contribution in [0.1, 0.15) is 30.0 Å². The van der Waals surface area contributed by atoms with Gasteiger partial charge in [0.25, 0.3) is 0 Å². The maximum atomic E-state index is 11.1. The van der Waals surface area contributed by atoms with E-state index in [0.717, 1.165) is 12.2 Å². The lowest BCUT2D eigenvalue weighted by atomic mass is 10.00. The average molecular weight is 205 g/mol. The summed E-state index contributed by atoms with van der Waals surface area (Å²) in [4.78, 5) is 11.1. The first-order valence-corrected chi connectivity index (χ1v) is 5.14. The molecule has 1 aliphatic rings. The van der Waals surface area contributed by atoms with Gasteiger partial charge in [0.05, 0.1) is 13.2 Å². The van der Waals surface area contributed by atoms with E-state index in [9.17, 15) is 4.79 Å². The standard InChI is InChI=1S/C12H15NO2/c1-8-7-9(15-2)3-4-10(8)11-5-6-12(14)13-11/h3-4,7,11H,5-6H2,1-2H3,(H,13,14). The summed E-state index contributed by atoms with van der Waals surface area (Å²) in [6.45, 7) is 2.04. The fourth-order valence-corrected chi connectivity index (χ4v) is 2.01. The Hall–Kier alpha value is -1.51. The number of carbonyl (C=O) groups excluding carboxylic acids is 1. The number of ether oxygens (including phenoxy) is 1. The monoisotopic (exact) mass is 205 g/mol. The molecule has 1 aromatic rings. The molecule has 3 nitrogen and oxygen atoms in total. The van der Waals surface area contributed by atoms with Crippen LogP contribution in [0.25, 0.3) is 0 Å². The minimum atomic E-state index is 0.148. The number of benzene rings is 1. The van der Waals surface area contributed by atoms with Crippen molar-refractivity contribution in [2.24, 2.45) is 0 Å². The van der Waals surface area contributed by atoms with Gasteiger partial charge in [-0.2, -0.15) is 0 Å². The van der Waals surface area contributed by atoms with Gasteiger partial charge in [0.15, 0.2) is 0 Å². The fraction of sp³-hybridized carbons (Fsp3) is 0.417. The molecule has 0 radical (unpaired) electrons. The van der Waals surface area contributed by atoms with Crippen LogP contribution in [-0.4, -0.2) is 13.0 Å². The lowest BCUT2D eigenvalue weighted by Crippen LogP contribution is -2.18. The lowest BCUT2D eigenvalue weighted by molar-refractivity contribution is -0.119. The third kappa shape index (κ3) is 1.96. The highest BCUT2D eigenvalue weighted by Gasteiger charge is 2.23. The van der Waals surface area contributed by atoms with Crippen molar-refractivity contribution in [2.45, 2.75) is 25.8 Å². The molecule has 3 heteroatoms. The van der Waals surface area contributed by atoms with Crippen LogP contribution in [0.4, 0.5) is 0 Å². The molecule has 1 N–H and O–H groups in total. The first-order valence-electron chi connectivity index (χ1n) is 5.14. The van der Waals surface area contributed by atoms with Gasteiger partial charge in [-0.15, -0.1) is 0 Å². The van der Waals surface area contributed by atoms with Crippen LogP contribution < -0.4 is 10.1 Å². The second-order valence-electron chi connectivity index (χ2n) is 3.88. The highest BCUT2D eigenvalue weighted by molar-refractivity contribution is 5.78. The van der Waals surface area contributed by atoms with Crippen molar-refractivity contribution in [1.29, 1.82) is 0 Å². The third-order valence-electron chi connectivity index (χ3n) is 2.85. The van der Waals surface area contributed by atoms with E-state index in [2.05, 4.69) is 5.32 Å². The minimum absolute atomic E-state index is 0.148. The summed E-state index contributed by atoms with van der Waals surface area (Å²) < 4.78 is 5.15. The van der Waals surface area contributed by atoms with Gasteiger partial charge >= 0.3 is 0 Å². The Bertz CT molecular complexity index is 387. The van der Waals surface area contributed by atoms with E-state index >= 15 is 0 Å². The Balaban J connectivity index is 2.25. The van der Waals surface area contributed by atoms with Gasteiger partial charge in [0.1, 0.15) is 5.75 Å². The highest BCUT2D eigenvalue weighted by atomic mass is 16.5. The number of amides is 1. The molecule has 0 saturated carbocycles. The van der Waals surface area contributed by atoms with Gasteiger partial charge in [0.2, 0.25) is 5.91 Å². The Morgan fingerprint density at radius 2 is 2.27 bits per heavy atom. The molecule has 0 bridgehead atoms. The van der Waals surface area contributed by atoms with Gasteiger partial charge in [0, 0.05) is 6.42 Å². The second kappa shape index (κ2) is 3.93. The zero-order valence-corrected chi connectivity index (χ0v) is 9.04. The van der Waals surface area contributed by atoms with Crippen LogP contribution in [0.15, 0.2) is 18.2 Å². The number of aryl methyl sites for hydroxylation is 1. The molecule has 1 atom stereocenters. The molecule has 1 saturated heterocycles. The number of methoxy groups -OCH3 is 1.